The normalized spacial score (nSPS) is 11.4. The van der Waals surface area contributed by atoms with Crippen molar-refractivity contribution in [2.45, 2.75) is 12.8 Å². The molecule has 21 heavy (non-hydrogen) atoms. The minimum Gasteiger partial charge on any atom is -0.356 e. The number of aliphatic imine (C=N–C) groups is 1. The summed E-state index contributed by atoms with van der Waals surface area (Å²) in [6.07, 6.45) is 5.86. The molecule has 1 aromatic carbocycles. The molecule has 1 aromatic heterocycles. The van der Waals surface area contributed by atoms with E-state index >= 15 is 0 Å². The average molecular weight is 285 g/mol. The molecular formula is C16H23N5. The maximum atomic E-state index is 4.23. The Bertz CT molecular complexity index is 559. The molecule has 0 radical (unpaired) electrons. The second-order valence-electron chi connectivity index (χ2n) is 4.93. The van der Waals surface area contributed by atoms with Crippen LogP contribution in [0, 0.1) is 0 Å². The van der Waals surface area contributed by atoms with Crippen LogP contribution in [0.25, 0.3) is 0 Å². The van der Waals surface area contributed by atoms with E-state index in [2.05, 4.69) is 45.0 Å². The number of aromatic nitrogens is 2. The van der Waals surface area contributed by atoms with Crippen molar-refractivity contribution in [3.8, 4) is 0 Å². The molecule has 0 fully saturated rings. The van der Waals surface area contributed by atoms with Gasteiger partial charge in [-0.1, -0.05) is 30.3 Å². The topological polar surface area (TPSA) is 54.2 Å². The molecule has 0 saturated heterocycles. The Morgan fingerprint density at radius 2 is 1.76 bits per heavy atom. The number of aryl methyl sites for hydroxylation is 1. The summed E-state index contributed by atoms with van der Waals surface area (Å²) in [5, 5.41) is 10.8. The first-order valence-electron chi connectivity index (χ1n) is 7.24. The van der Waals surface area contributed by atoms with Gasteiger partial charge in [0.15, 0.2) is 5.96 Å². The second-order valence-corrected chi connectivity index (χ2v) is 4.93. The van der Waals surface area contributed by atoms with Crippen LogP contribution in [0.2, 0.25) is 0 Å². The fourth-order valence-corrected chi connectivity index (χ4v) is 2.12. The summed E-state index contributed by atoms with van der Waals surface area (Å²) in [4.78, 5) is 4.23. The lowest BCUT2D eigenvalue weighted by molar-refractivity contribution is 0.764. The van der Waals surface area contributed by atoms with Crippen molar-refractivity contribution in [2.75, 3.05) is 20.1 Å². The van der Waals surface area contributed by atoms with Gasteiger partial charge in [-0.2, -0.15) is 5.10 Å². The standard InChI is InChI=1S/C16H23N5/c1-17-16(18-10-8-14-6-4-3-5-7-14)19-11-9-15-12-20-21(2)13-15/h3-7,12-13H,8-11H2,1-2H3,(H2,17,18,19). The van der Waals surface area contributed by atoms with Gasteiger partial charge in [0.25, 0.3) is 0 Å². The molecule has 0 saturated carbocycles. The molecule has 2 N–H and O–H groups in total. The van der Waals surface area contributed by atoms with Gasteiger partial charge in [0.1, 0.15) is 0 Å². The van der Waals surface area contributed by atoms with Crippen molar-refractivity contribution in [1.82, 2.24) is 20.4 Å². The van der Waals surface area contributed by atoms with E-state index in [1.165, 1.54) is 11.1 Å². The van der Waals surface area contributed by atoms with Gasteiger partial charge in [0.05, 0.1) is 6.20 Å². The molecule has 1 heterocycles. The minimum atomic E-state index is 0.842. The first-order valence-corrected chi connectivity index (χ1v) is 7.24. The van der Waals surface area contributed by atoms with Gasteiger partial charge in [-0.15, -0.1) is 0 Å². The van der Waals surface area contributed by atoms with E-state index in [1.54, 1.807) is 7.05 Å². The molecule has 0 aliphatic heterocycles. The fourth-order valence-electron chi connectivity index (χ4n) is 2.12. The summed E-state index contributed by atoms with van der Waals surface area (Å²) >= 11 is 0. The van der Waals surface area contributed by atoms with Crippen molar-refractivity contribution < 1.29 is 0 Å². The molecule has 0 atom stereocenters. The van der Waals surface area contributed by atoms with E-state index in [0.29, 0.717) is 0 Å². The van der Waals surface area contributed by atoms with Crippen molar-refractivity contribution in [1.29, 1.82) is 0 Å². The maximum absolute atomic E-state index is 4.23. The van der Waals surface area contributed by atoms with E-state index < -0.39 is 0 Å². The number of rotatable bonds is 6. The Hall–Kier alpha value is -2.30. The van der Waals surface area contributed by atoms with Crippen molar-refractivity contribution in [2.24, 2.45) is 12.0 Å². The summed E-state index contributed by atoms with van der Waals surface area (Å²) in [5.74, 6) is 0.842. The van der Waals surface area contributed by atoms with Crippen LogP contribution in [-0.4, -0.2) is 35.9 Å². The lowest BCUT2D eigenvalue weighted by atomic mass is 10.1. The lowest BCUT2D eigenvalue weighted by Gasteiger charge is -2.11. The Morgan fingerprint density at radius 3 is 2.33 bits per heavy atom. The summed E-state index contributed by atoms with van der Waals surface area (Å²) in [7, 11) is 3.73. The SMILES string of the molecule is CN=C(NCCc1ccccc1)NCCc1cnn(C)c1. The van der Waals surface area contributed by atoms with E-state index in [1.807, 2.05) is 30.2 Å². The van der Waals surface area contributed by atoms with Gasteiger partial charge < -0.3 is 10.6 Å². The van der Waals surface area contributed by atoms with Crippen LogP contribution >= 0.6 is 0 Å². The van der Waals surface area contributed by atoms with Gasteiger partial charge in [-0.3, -0.25) is 9.67 Å². The highest BCUT2D eigenvalue weighted by Gasteiger charge is 1.99. The van der Waals surface area contributed by atoms with Crippen molar-refractivity contribution in [3.63, 3.8) is 0 Å². The smallest absolute Gasteiger partial charge is 0.190 e. The molecule has 0 aliphatic carbocycles. The number of nitrogens with zero attached hydrogens (tertiary/aromatic N) is 3. The predicted octanol–water partition coefficient (Wildman–Crippen LogP) is 1.37. The zero-order chi connectivity index (χ0) is 14.9. The largest absolute Gasteiger partial charge is 0.356 e. The van der Waals surface area contributed by atoms with Gasteiger partial charge in [0.2, 0.25) is 0 Å². The van der Waals surface area contributed by atoms with Gasteiger partial charge in [0, 0.05) is 33.4 Å². The monoisotopic (exact) mass is 285 g/mol. The Kier molecular flexibility index (Phi) is 5.82. The lowest BCUT2D eigenvalue weighted by Crippen LogP contribution is -2.39. The minimum absolute atomic E-state index is 0.842. The van der Waals surface area contributed by atoms with E-state index in [0.717, 1.165) is 31.9 Å². The highest BCUT2D eigenvalue weighted by molar-refractivity contribution is 5.79. The second kappa shape index (κ2) is 8.09. The number of hydrogen-bond acceptors (Lipinski definition) is 2. The third-order valence-corrected chi connectivity index (χ3v) is 3.24. The fraction of sp³-hybridized carbons (Fsp3) is 0.375. The molecule has 5 nitrogen and oxygen atoms in total. The van der Waals surface area contributed by atoms with Crippen LogP contribution < -0.4 is 10.6 Å². The Morgan fingerprint density at radius 1 is 1.10 bits per heavy atom. The first-order chi connectivity index (χ1) is 10.3. The number of nitrogens with one attached hydrogen (secondary N) is 2. The molecule has 0 bridgehead atoms. The quantitative estimate of drug-likeness (QED) is 0.622. The summed E-state index contributed by atoms with van der Waals surface area (Å²) in [6.45, 7) is 1.72. The van der Waals surface area contributed by atoms with Gasteiger partial charge in [-0.25, -0.2) is 0 Å². The molecule has 0 aliphatic rings. The highest BCUT2D eigenvalue weighted by Crippen LogP contribution is 1.98. The predicted molar refractivity (Wildman–Crippen MR) is 86.4 cm³/mol. The maximum Gasteiger partial charge on any atom is 0.190 e. The van der Waals surface area contributed by atoms with Gasteiger partial charge >= 0.3 is 0 Å². The zero-order valence-electron chi connectivity index (χ0n) is 12.7. The number of benzene rings is 1. The van der Waals surface area contributed by atoms with Crippen LogP contribution in [0.3, 0.4) is 0 Å². The molecular weight excluding hydrogens is 262 g/mol. The van der Waals surface area contributed by atoms with E-state index in [-0.39, 0.29) is 0 Å². The molecule has 0 spiro atoms. The third-order valence-electron chi connectivity index (χ3n) is 3.24. The first kappa shape index (κ1) is 15.1. The van der Waals surface area contributed by atoms with Crippen LogP contribution in [-0.2, 0) is 19.9 Å². The Labute approximate surface area is 126 Å². The Balaban J connectivity index is 1.66. The molecule has 0 amide bonds. The van der Waals surface area contributed by atoms with Crippen molar-refractivity contribution >= 4 is 5.96 Å². The third kappa shape index (κ3) is 5.30. The molecule has 2 aromatic rings. The summed E-state index contributed by atoms with van der Waals surface area (Å²) in [5.41, 5.74) is 2.56. The average Bonchev–Trinajstić information content (AvgIpc) is 2.92. The van der Waals surface area contributed by atoms with Crippen molar-refractivity contribution in [3.05, 3.63) is 53.9 Å². The number of hydrogen-bond donors (Lipinski definition) is 2. The molecule has 112 valence electrons. The van der Waals surface area contributed by atoms with E-state index in [9.17, 15) is 0 Å². The van der Waals surface area contributed by atoms with Crippen LogP contribution in [0.5, 0.6) is 0 Å². The number of guanidine groups is 1. The summed E-state index contributed by atoms with van der Waals surface area (Å²) < 4.78 is 1.82. The van der Waals surface area contributed by atoms with E-state index in [4.69, 9.17) is 0 Å². The molecule has 0 unspecified atom stereocenters. The van der Waals surface area contributed by atoms with Crippen LogP contribution in [0.15, 0.2) is 47.7 Å². The van der Waals surface area contributed by atoms with Crippen LogP contribution in [0.4, 0.5) is 0 Å². The molecule has 2 rings (SSSR count). The zero-order valence-corrected chi connectivity index (χ0v) is 12.7. The van der Waals surface area contributed by atoms with Crippen LogP contribution in [0.1, 0.15) is 11.1 Å². The molecule has 5 heteroatoms. The summed E-state index contributed by atoms with van der Waals surface area (Å²) in [6, 6.07) is 10.4. The van der Waals surface area contributed by atoms with Gasteiger partial charge in [-0.05, 0) is 24.0 Å². The highest BCUT2D eigenvalue weighted by atomic mass is 15.2.